The Kier molecular flexibility index (Phi) is 4.31. The minimum absolute atomic E-state index is 0.241. The molecule has 2 aromatic rings. The lowest BCUT2D eigenvalue weighted by Gasteiger charge is -2.05. The first-order valence-corrected chi connectivity index (χ1v) is 6.15. The summed E-state index contributed by atoms with van der Waals surface area (Å²) < 4.78 is 4.89. The third kappa shape index (κ3) is 3.12. The van der Waals surface area contributed by atoms with Crippen LogP contribution in [0.15, 0.2) is 27.8 Å². The van der Waals surface area contributed by atoms with Crippen LogP contribution in [0.5, 0.6) is 0 Å². The van der Waals surface area contributed by atoms with Gasteiger partial charge in [0.25, 0.3) is 5.91 Å². The summed E-state index contributed by atoms with van der Waals surface area (Å²) in [6.45, 7) is 1.08. The average Bonchev–Trinajstić information content (AvgIpc) is 2.44. The molecule has 0 aliphatic heterocycles. The number of aromatic nitrogens is 2. The maximum absolute atomic E-state index is 11.9. The molecule has 1 heterocycles. The lowest BCUT2D eigenvalue weighted by Crippen LogP contribution is -2.29. The minimum atomic E-state index is -0.741. The topological polar surface area (TPSA) is 104 Å². The summed E-state index contributed by atoms with van der Waals surface area (Å²) in [5.41, 5.74) is -0.147. The number of carbonyl (C=O) groups excluding carboxylic acids is 1. The van der Waals surface area contributed by atoms with Crippen LogP contribution in [0.2, 0.25) is 0 Å². The van der Waals surface area contributed by atoms with E-state index >= 15 is 0 Å². The van der Waals surface area contributed by atoms with E-state index in [1.54, 1.807) is 19.2 Å². The molecule has 0 saturated carbocycles. The number of H-pyrrole nitrogens is 2. The van der Waals surface area contributed by atoms with Gasteiger partial charge in [0, 0.05) is 25.8 Å². The fourth-order valence-electron chi connectivity index (χ4n) is 1.78. The number of hydrogen-bond donors (Lipinski definition) is 3. The highest BCUT2D eigenvalue weighted by molar-refractivity contribution is 5.97. The highest BCUT2D eigenvalue weighted by Gasteiger charge is 2.07. The lowest BCUT2D eigenvalue weighted by atomic mass is 10.2. The summed E-state index contributed by atoms with van der Waals surface area (Å²) >= 11 is 0. The van der Waals surface area contributed by atoms with Gasteiger partial charge in [0.1, 0.15) is 0 Å². The van der Waals surface area contributed by atoms with Crippen molar-refractivity contribution < 1.29 is 9.53 Å². The highest BCUT2D eigenvalue weighted by atomic mass is 16.5. The van der Waals surface area contributed by atoms with E-state index in [4.69, 9.17) is 4.74 Å². The lowest BCUT2D eigenvalue weighted by molar-refractivity contribution is 0.0948. The van der Waals surface area contributed by atoms with E-state index in [0.29, 0.717) is 29.7 Å². The smallest absolute Gasteiger partial charge is 0.314 e. The summed E-state index contributed by atoms with van der Waals surface area (Å²) in [6, 6.07) is 4.69. The zero-order chi connectivity index (χ0) is 14.5. The van der Waals surface area contributed by atoms with Crippen molar-refractivity contribution in [1.82, 2.24) is 15.3 Å². The van der Waals surface area contributed by atoms with Gasteiger partial charge in [-0.1, -0.05) is 0 Å². The molecule has 0 atom stereocenters. The van der Waals surface area contributed by atoms with Crippen molar-refractivity contribution in [2.45, 2.75) is 6.42 Å². The fourth-order valence-corrected chi connectivity index (χ4v) is 1.78. The maximum atomic E-state index is 11.9. The van der Waals surface area contributed by atoms with E-state index in [2.05, 4.69) is 15.3 Å². The molecule has 1 aromatic heterocycles. The molecule has 0 saturated heterocycles. The first kappa shape index (κ1) is 14.0. The summed E-state index contributed by atoms with van der Waals surface area (Å²) in [5, 5.41) is 2.74. The molecule has 106 valence electrons. The van der Waals surface area contributed by atoms with E-state index in [1.165, 1.54) is 6.07 Å². The second-order valence-electron chi connectivity index (χ2n) is 4.27. The maximum Gasteiger partial charge on any atom is 0.314 e. The number of amides is 1. The molecule has 7 nitrogen and oxygen atoms in total. The molecule has 0 spiro atoms. The fraction of sp³-hybridized carbons (Fsp3) is 0.308. The third-order valence-corrected chi connectivity index (χ3v) is 2.80. The van der Waals surface area contributed by atoms with E-state index in [-0.39, 0.29) is 5.91 Å². The predicted molar refractivity (Wildman–Crippen MR) is 74.0 cm³/mol. The Bertz CT molecular complexity index is 732. The van der Waals surface area contributed by atoms with Crippen molar-refractivity contribution in [1.29, 1.82) is 0 Å². The first-order valence-electron chi connectivity index (χ1n) is 6.15. The standard InChI is InChI=1S/C13H15N3O4/c1-20-6-2-5-14-11(17)8-3-4-9-10(7-8)16-13(19)12(18)15-9/h3-4,7H,2,5-6H2,1H3,(H,14,17)(H,15,18)(H,16,19). The summed E-state index contributed by atoms with van der Waals surface area (Å²) in [4.78, 5) is 39.2. The van der Waals surface area contributed by atoms with Gasteiger partial charge in [0.2, 0.25) is 0 Å². The van der Waals surface area contributed by atoms with Gasteiger partial charge in [-0.05, 0) is 24.6 Å². The van der Waals surface area contributed by atoms with E-state index in [1.807, 2.05) is 0 Å². The zero-order valence-electron chi connectivity index (χ0n) is 11.0. The van der Waals surface area contributed by atoms with Gasteiger partial charge in [-0.3, -0.25) is 14.4 Å². The van der Waals surface area contributed by atoms with Crippen molar-refractivity contribution in [2.75, 3.05) is 20.3 Å². The van der Waals surface area contributed by atoms with Crippen molar-refractivity contribution in [3.63, 3.8) is 0 Å². The number of ether oxygens (including phenoxy) is 1. The Hall–Kier alpha value is -2.41. The zero-order valence-corrected chi connectivity index (χ0v) is 11.0. The Morgan fingerprint density at radius 1 is 1.20 bits per heavy atom. The normalized spacial score (nSPS) is 10.7. The van der Waals surface area contributed by atoms with Crippen LogP contribution in [0.4, 0.5) is 0 Å². The molecular weight excluding hydrogens is 262 g/mol. The Morgan fingerprint density at radius 3 is 2.60 bits per heavy atom. The number of rotatable bonds is 5. The van der Waals surface area contributed by atoms with Crippen molar-refractivity contribution in [2.24, 2.45) is 0 Å². The van der Waals surface area contributed by atoms with Crippen LogP contribution < -0.4 is 16.4 Å². The van der Waals surface area contributed by atoms with Gasteiger partial charge in [-0.15, -0.1) is 0 Å². The van der Waals surface area contributed by atoms with Crippen molar-refractivity contribution in [3.05, 3.63) is 44.5 Å². The molecule has 0 radical (unpaired) electrons. The molecule has 20 heavy (non-hydrogen) atoms. The molecule has 0 bridgehead atoms. The van der Waals surface area contributed by atoms with Gasteiger partial charge >= 0.3 is 11.1 Å². The number of hydrogen-bond acceptors (Lipinski definition) is 4. The molecule has 1 amide bonds. The Balaban J connectivity index is 2.19. The van der Waals surface area contributed by atoms with Crippen LogP contribution in [0.3, 0.4) is 0 Å². The minimum Gasteiger partial charge on any atom is -0.385 e. The number of aromatic amines is 2. The van der Waals surface area contributed by atoms with E-state index in [0.717, 1.165) is 6.42 Å². The van der Waals surface area contributed by atoms with Crippen LogP contribution in [-0.4, -0.2) is 36.1 Å². The molecule has 3 N–H and O–H groups in total. The summed E-state index contributed by atoms with van der Waals surface area (Å²) in [5.74, 6) is -0.241. The quantitative estimate of drug-likeness (QED) is 0.528. The molecule has 7 heteroatoms. The largest absolute Gasteiger partial charge is 0.385 e. The molecule has 0 fully saturated rings. The third-order valence-electron chi connectivity index (χ3n) is 2.80. The molecule has 1 aromatic carbocycles. The van der Waals surface area contributed by atoms with Crippen LogP contribution >= 0.6 is 0 Å². The second kappa shape index (κ2) is 6.16. The summed E-state index contributed by atoms with van der Waals surface area (Å²) in [7, 11) is 1.60. The van der Waals surface area contributed by atoms with E-state index < -0.39 is 11.1 Å². The van der Waals surface area contributed by atoms with Gasteiger partial charge in [0.15, 0.2) is 0 Å². The van der Waals surface area contributed by atoms with Gasteiger partial charge in [-0.25, -0.2) is 0 Å². The molecule has 0 unspecified atom stereocenters. The summed E-state index contributed by atoms with van der Waals surface area (Å²) in [6.07, 6.45) is 0.722. The Morgan fingerprint density at radius 2 is 1.90 bits per heavy atom. The van der Waals surface area contributed by atoms with Gasteiger partial charge in [-0.2, -0.15) is 0 Å². The number of carbonyl (C=O) groups is 1. The number of benzene rings is 1. The first-order chi connectivity index (χ1) is 9.61. The Labute approximate surface area is 114 Å². The molecular formula is C13H15N3O4. The van der Waals surface area contributed by atoms with Crippen LogP contribution in [0.1, 0.15) is 16.8 Å². The second-order valence-corrected chi connectivity index (χ2v) is 4.27. The molecule has 0 aliphatic rings. The molecule has 2 rings (SSSR count). The predicted octanol–water partition coefficient (Wildman–Crippen LogP) is -0.0173. The van der Waals surface area contributed by atoms with Crippen LogP contribution in [-0.2, 0) is 4.74 Å². The van der Waals surface area contributed by atoms with Crippen LogP contribution in [0, 0.1) is 0 Å². The monoisotopic (exact) mass is 277 g/mol. The highest BCUT2D eigenvalue weighted by Crippen LogP contribution is 2.09. The van der Waals surface area contributed by atoms with Crippen molar-refractivity contribution >= 4 is 16.9 Å². The average molecular weight is 277 g/mol. The molecule has 0 aliphatic carbocycles. The number of fused-ring (bicyclic) bond motifs is 1. The number of nitrogens with one attached hydrogen (secondary N) is 3. The van der Waals surface area contributed by atoms with Gasteiger partial charge in [0.05, 0.1) is 11.0 Å². The SMILES string of the molecule is COCCCNC(=O)c1ccc2[nH]c(=O)c(=O)[nH]c2c1. The van der Waals surface area contributed by atoms with Crippen molar-refractivity contribution in [3.8, 4) is 0 Å². The van der Waals surface area contributed by atoms with Gasteiger partial charge < -0.3 is 20.0 Å². The van der Waals surface area contributed by atoms with Crippen LogP contribution in [0.25, 0.3) is 11.0 Å². The van der Waals surface area contributed by atoms with E-state index in [9.17, 15) is 14.4 Å². The number of methoxy groups -OCH3 is 1.